The van der Waals surface area contributed by atoms with Gasteiger partial charge in [-0.05, 0) is 31.9 Å². The zero-order valence-electron chi connectivity index (χ0n) is 12.4. The van der Waals surface area contributed by atoms with Crippen LogP contribution in [0, 0.1) is 12.3 Å². The number of aliphatic carboxylic acids is 1. The van der Waals surface area contributed by atoms with Crippen LogP contribution in [0.15, 0.2) is 18.3 Å². The van der Waals surface area contributed by atoms with Crippen molar-refractivity contribution >= 4 is 11.9 Å². The van der Waals surface area contributed by atoms with Crippen LogP contribution >= 0.6 is 0 Å². The number of carbonyl (C=O) groups excluding carboxylic acids is 1. The Balaban J connectivity index is 2.07. The van der Waals surface area contributed by atoms with Crippen LogP contribution in [0.2, 0.25) is 0 Å². The molecule has 0 atom stereocenters. The molecule has 1 aromatic rings. The number of aromatic nitrogens is 1. The molecule has 0 aliphatic heterocycles. The van der Waals surface area contributed by atoms with E-state index in [0.29, 0.717) is 24.1 Å². The lowest BCUT2D eigenvalue weighted by atomic mass is 9.80. The normalized spacial score (nSPS) is 17.8. The number of hydrogen-bond acceptors (Lipinski definition) is 3. The van der Waals surface area contributed by atoms with Gasteiger partial charge in [-0.2, -0.15) is 0 Å². The highest BCUT2D eigenvalue weighted by atomic mass is 16.4. The summed E-state index contributed by atoms with van der Waals surface area (Å²) in [7, 11) is 0. The second-order valence-corrected chi connectivity index (χ2v) is 5.82. The van der Waals surface area contributed by atoms with Crippen molar-refractivity contribution in [3.05, 3.63) is 29.6 Å². The van der Waals surface area contributed by atoms with Gasteiger partial charge >= 0.3 is 5.97 Å². The van der Waals surface area contributed by atoms with E-state index >= 15 is 0 Å². The smallest absolute Gasteiger partial charge is 0.311 e. The summed E-state index contributed by atoms with van der Waals surface area (Å²) < 4.78 is 0. The summed E-state index contributed by atoms with van der Waals surface area (Å²) in [5, 5.41) is 12.4. The fourth-order valence-electron chi connectivity index (χ4n) is 2.94. The quantitative estimate of drug-likeness (QED) is 0.835. The van der Waals surface area contributed by atoms with Gasteiger partial charge in [0.25, 0.3) is 5.91 Å². The van der Waals surface area contributed by atoms with Crippen molar-refractivity contribution in [3.8, 4) is 0 Å². The van der Waals surface area contributed by atoms with Crippen molar-refractivity contribution in [2.45, 2.75) is 45.4 Å². The van der Waals surface area contributed by atoms with Crippen LogP contribution in [0.1, 0.15) is 54.6 Å². The Bertz CT molecular complexity index is 520. The molecule has 1 fully saturated rings. The molecular formula is C16H22N2O3. The first-order valence-electron chi connectivity index (χ1n) is 7.48. The zero-order chi connectivity index (χ0) is 15.3. The monoisotopic (exact) mass is 290 g/mol. The van der Waals surface area contributed by atoms with Gasteiger partial charge in [-0.25, -0.2) is 0 Å². The predicted octanol–water partition coefficient (Wildman–Crippen LogP) is 2.55. The molecule has 0 saturated heterocycles. The lowest BCUT2D eigenvalue weighted by Gasteiger charge is -2.28. The predicted molar refractivity (Wildman–Crippen MR) is 79.1 cm³/mol. The second kappa shape index (κ2) is 6.70. The summed E-state index contributed by atoms with van der Waals surface area (Å²) in [5.74, 6) is -1.04. The molecule has 1 heterocycles. The maximum atomic E-state index is 12.2. The first-order valence-corrected chi connectivity index (χ1v) is 7.48. The molecular weight excluding hydrogens is 268 g/mol. The number of amides is 1. The minimum Gasteiger partial charge on any atom is -0.481 e. The Labute approximate surface area is 124 Å². The van der Waals surface area contributed by atoms with E-state index < -0.39 is 11.4 Å². The standard InChI is InChI=1S/C16H22N2O3/c1-12-13(7-6-10-17-12)14(19)18-11-16(15(20)21)8-4-2-3-5-9-16/h6-7,10H,2-5,8-9,11H2,1H3,(H,18,19)(H,20,21). The molecule has 2 N–H and O–H groups in total. The molecule has 0 bridgehead atoms. The summed E-state index contributed by atoms with van der Waals surface area (Å²) in [6, 6.07) is 3.42. The molecule has 5 heteroatoms. The van der Waals surface area contributed by atoms with Crippen molar-refractivity contribution in [1.82, 2.24) is 10.3 Å². The molecule has 114 valence electrons. The largest absolute Gasteiger partial charge is 0.481 e. The van der Waals surface area contributed by atoms with Gasteiger partial charge in [0.15, 0.2) is 0 Å². The number of hydrogen-bond donors (Lipinski definition) is 2. The summed E-state index contributed by atoms with van der Waals surface area (Å²) >= 11 is 0. The number of carbonyl (C=O) groups is 2. The van der Waals surface area contributed by atoms with Crippen LogP contribution in [-0.2, 0) is 4.79 Å². The maximum absolute atomic E-state index is 12.2. The number of aryl methyl sites for hydroxylation is 1. The molecule has 0 radical (unpaired) electrons. The average molecular weight is 290 g/mol. The van der Waals surface area contributed by atoms with Crippen molar-refractivity contribution < 1.29 is 14.7 Å². The van der Waals surface area contributed by atoms with E-state index in [1.165, 1.54) is 0 Å². The first-order chi connectivity index (χ1) is 10.1. The highest BCUT2D eigenvalue weighted by Crippen LogP contribution is 2.34. The lowest BCUT2D eigenvalue weighted by molar-refractivity contribution is -0.149. The first kappa shape index (κ1) is 15.5. The molecule has 0 aromatic carbocycles. The van der Waals surface area contributed by atoms with Crippen LogP contribution in [-0.4, -0.2) is 28.5 Å². The minimum atomic E-state index is -0.817. The van der Waals surface area contributed by atoms with Crippen LogP contribution < -0.4 is 5.32 Å². The van der Waals surface area contributed by atoms with Gasteiger partial charge in [0.1, 0.15) is 0 Å². The molecule has 21 heavy (non-hydrogen) atoms. The minimum absolute atomic E-state index is 0.190. The Morgan fingerprint density at radius 1 is 1.29 bits per heavy atom. The van der Waals surface area contributed by atoms with Gasteiger partial charge in [-0.1, -0.05) is 25.7 Å². The van der Waals surface area contributed by atoms with E-state index in [9.17, 15) is 14.7 Å². The van der Waals surface area contributed by atoms with E-state index in [1.54, 1.807) is 25.3 Å². The van der Waals surface area contributed by atoms with Crippen LogP contribution in [0.4, 0.5) is 0 Å². The summed E-state index contributed by atoms with van der Waals surface area (Å²) in [6.07, 6.45) is 6.87. The SMILES string of the molecule is Cc1ncccc1C(=O)NCC1(C(=O)O)CCCCCC1. The molecule has 1 aromatic heterocycles. The second-order valence-electron chi connectivity index (χ2n) is 5.82. The molecule has 1 aliphatic rings. The molecule has 1 saturated carbocycles. The molecule has 1 aliphatic carbocycles. The Kier molecular flexibility index (Phi) is 4.94. The van der Waals surface area contributed by atoms with E-state index in [-0.39, 0.29) is 12.5 Å². The van der Waals surface area contributed by atoms with Crippen molar-refractivity contribution in [2.24, 2.45) is 5.41 Å². The van der Waals surface area contributed by atoms with Crippen molar-refractivity contribution in [1.29, 1.82) is 0 Å². The third-order valence-electron chi connectivity index (χ3n) is 4.35. The molecule has 2 rings (SSSR count). The molecule has 0 spiro atoms. The number of carboxylic acids is 1. The van der Waals surface area contributed by atoms with Crippen molar-refractivity contribution in [3.63, 3.8) is 0 Å². The number of nitrogens with one attached hydrogen (secondary N) is 1. The van der Waals surface area contributed by atoms with Crippen LogP contribution in [0.3, 0.4) is 0 Å². The van der Waals surface area contributed by atoms with Crippen LogP contribution in [0.5, 0.6) is 0 Å². The van der Waals surface area contributed by atoms with Crippen LogP contribution in [0.25, 0.3) is 0 Å². The third-order valence-corrected chi connectivity index (χ3v) is 4.35. The number of pyridine rings is 1. The van der Waals surface area contributed by atoms with E-state index in [4.69, 9.17) is 0 Å². The maximum Gasteiger partial charge on any atom is 0.311 e. The van der Waals surface area contributed by atoms with E-state index in [2.05, 4.69) is 10.3 Å². The van der Waals surface area contributed by atoms with Gasteiger partial charge in [-0.3, -0.25) is 14.6 Å². The summed E-state index contributed by atoms with van der Waals surface area (Å²) in [6.45, 7) is 1.96. The Morgan fingerprint density at radius 3 is 2.52 bits per heavy atom. The lowest BCUT2D eigenvalue weighted by Crippen LogP contribution is -2.43. The number of nitrogens with zero attached hydrogens (tertiary/aromatic N) is 1. The molecule has 0 unspecified atom stereocenters. The molecule has 5 nitrogen and oxygen atoms in total. The van der Waals surface area contributed by atoms with E-state index in [0.717, 1.165) is 25.7 Å². The third kappa shape index (κ3) is 3.60. The van der Waals surface area contributed by atoms with Gasteiger partial charge in [-0.15, -0.1) is 0 Å². The Hall–Kier alpha value is -1.91. The highest BCUT2D eigenvalue weighted by molar-refractivity contribution is 5.95. The summed E-state index contributed by atoms with van der Waals surface area (Å²) in [4.78, 5) is 28.0. The van der Waals surface area contributed by atoms with Crippen molar-refractivity contribution in [2.75, 3.05) is 6.54 Å². The highest BCUT2D eigenvalue weighted by Gasteiger charge is 2.38. The summed E-state index contributed by atoms with van der Waals surface area (Å²) in [5.41, 5.74) is 0.342. The zero-order valence-corrected chi connectivity index (χ0v) is 12.4. The van der Waals surface area contributed by atoms with Gasteiger partial charge in [0, 0.05) is 18.4 Å². The molecule has 1 amide bonds. The number of rotatable bonds is 4. The Morgan fingerprint density at radius 2 is 1.95 bits per heavy atom. The average Bonchev–Trinajstić information content (AvgIpc) is 2.72. The topological polar surface area (TPSA) is 79.3 Å². The van der Waals surface area contributed by atoms with Gasteiger partial charge in [0.05, 0.1) is 11.0 Å². The number of carboxylic acid groups (broad SMARTS) is 1. The van der Waals surface area contributed by atoms with Gasteiger partial charge in [0.2, 0.25) is 0 Å². The van der Waals surface area contributed by atoms with Gasteiger partial charge < -0.3 is 10.4 Å². The fourth-order valence-corrected chi connectivity index (χ4v) is 2.94. The van der Waals surface area contributed by atoms with E-state index in [1.807, 2.05) is 0 Å². The fraction of sp³-hybridized carbons (Fsp3) is 0.562.